The number of benzene rings is 2. The van der Waals surface area contributed by atoms with Crippen molar-refractivity contribution in [2.75, 3.05) is 10.5 Å². The quantitative estimate of drug-likeness (QED) is 0.855. The minimum Gasteiger partial charge on any atom is -0.396 e. The number of sulfonamides is 1. The summed E-state index contributed by atoms with van der Waals surface area (Å²) in [5.74, 6) is -2.46. The summed E-state index contributed by atoms with van der Waals surface area (Å²) >= 11 is 0. The minimum atomic E-state index is -4.21. The van der Waals surface area contributed by atoms with Crippen molar-refractivity contribution in [3.05, 3.63) is 53.3 Å². The molecule has 2 aromatic carbocycles. The molecule has 0 fully saturated rings. The highest BCUT2D eigenvalue weighted by Crippen LogP contribution is 2.23. The Kier molecular flexibility index (Phi) is 3.82. The number of hydrogen-bond acceptors (Lipinski definition) is 3. The fourth-order valence-corrected chi connectivity index (χ4v) is 2.71. The summed E-state index contributed by atoms with van der Waals surface area (Å²) in [5.41, 5.74) is 4.42. The Labute approximate surface area is 119 Å². The number of halogens is 3. The van der Waals surface area contributed by atoms with E-state index in [1.807, 2.05) is 4.72 Å². The topological polar surface area (TPSA) is 72.2 Å². The maximum Gasteiger partial charge on any atom is 0.262 e. The summed E-state index contributed by atoms with van der Waals surface area (Å²) in [7, 11) is -4.21. The van der Waals surface area contributed by atoms with Gasteiger partial charge in [-0.3, -0.25) is 4.72 Å². The lowest BCUT2D eigenvalue weighted by atomic mass is 10.2. The monoisotopic (exact) mass is 316 g/mol. The van der Waals surface area contributed by atoms with Gasteiger partial charge in [0.2, 0.25) is 0 Å². The van der Waals surface area contributed by atoms with Crippen molar-refractivity contribution < 1.29 is 21.6 Å². The van der Waals surface area contributed by atoms with Gasteiger partial charge in [0.1, 0.15) is 17.5 Å². The highest BCUT2D eigenvalue weighted by atomic mass is 32.2. The molecule has 0 unspecified atom stereocenters. The Morgan fingerprint density at radius 1 is 1.00 bits per heavy atom. The summed E-state index contributed by atoms with van der Waals surface area (Å²) in [5, 5.41) is 0. The third-order valence-corrected chi connectivity index (χ3v) is 4.13. The van der Waals surface area contributed by atoms with Gasteiger partial charge in [-0.05, 0) is 36.8 Å². The predicted molar refractivity (Wildman–Crippen MR) is 72.7 cm³/mol. The highest BCUT2D eigenvalue weighted by Gasteiger charge is 2.18. The average molecular weight is 316 g/mol. The molecule has 21 heavy (non-hydrogen) atoms. The van der Waals surface area contributed by atoms with E-state index in [1.165, 1.54) is 6.92 Å². The molecule has 0 aliphatic carbocycles. The first kappa shape index (κ1) is 15.2. The van der Waals surface area contributed by atoms with E-state index in [0.29, 0.717) is 0 Å². The number of anilines is 2. The fourth-order valence-electron chi connectivity index (χ4n) is 1.62. The van der Waals surface area contributed by atoms with Crippen molar-refractivity contribution in [2.45, 2.75) is 11.8 Å². The standard InChI is InChI=1S/C13H11F3N2O2S/c1-7-4-11(16)13(6-10(7)15)18-21(19,20)8-2-3-9(14)12(17)5-8/h2-6,18H,17H2,1H3. The smallest absolute Gasteiger partial charge is 0.262 e. The number of nitrogens with two attached hydrogens (primary N) is 1. The van der Waals surface area contributed by atoms with Crippen molar-refractivity contribution in [2.24, 2.45) is 0 Å². The zero-order chi connectivity index (χ0) is 15.8. The molecule has 0 radical (unpaired) electrons. The van der Waals surface area contributed by atoms with Gasteiger partial charge in [0, 0.05) is 6.07 Å². The first-order valence-electron chi connectivity index (χ1n) is 5.74. The van der Waals surface area contributed by atoms with E-state index in [9.17, 15) is 21.6 Å². The van der Waals surface area contributed by atoms with Crippen molar-refractivity contribution in [3.63, 3.8) is 0 Å². The second-order valence-electron chi connectivity index (χ2n) is 4.37. The largest absolute Gasteiger partial charge is 0.396 e. The molecule has 0 aromatic heterocycles. The molecule has 0 saturated carbocycles. The number of rotatable bonds is 3. The minimum absolute atomic E-state index is 0.0430. The number of nitrogens with one attached hydrogen (secondary N) is 1. The lowest BCUT2D eigenvalue weighted by molar-refractivity contribution is 0.590. The number of aryl methyl sites for hydroxylation is 1. The van der Waals surface area contributed by atoms with E-state index >= 15 is 0 Å². The van der Waals surface area contributed by atoms with Crippen LogP contribution in [0.5, 0.6) is 0 Å². The molecular formula is C13H11F3N2O2S. The lowest BCUT2D eigenvalue weighted by Crippen LogP contribution is -2.15. The molecule has 0 bridgehead atoms. The Balaban J connectivity index is 2.42. The Morgan fingerprint density at radius 2 is 1.67 bits per heavy atom. The van der Waals surface area contributed by atoms with Crippen LogP contribution in [0.2, 0.25) is 0 Å². The third-order valence-electron chi connectivity index (χ3n) is 2.77. The predicted octanol–water partition coefficient (Wildman–Crippen LogP) is 2.80. The highest BCUT2D eigenvalue weighted by molar-refractivity contribution is 7.92. The van der Waals surface area contributed by atoms with Gasteiger partial charge in [0.15, 0.2) is 0 Å². The molecule has 0 aliphatic rings. The molecule has 0 amide bonds. The third kappa shape index (κ3) is 3.10. The Hall–Kier alpha value is -2.22. The second kappa shape index (κ2) is 5.28. The van der Waals surface area contributed by atoms with E-state index in [2.05, 4.69) is 0 Å². The van der Waals surface area contributed by atoms with Gasteiger partial charge in [-0.1, -0.05) is 0 Å². The van der Waals surface area contributed by atoms with Gasteiger partial charge in [0.25, 0.3) is 10.0 Å². The van der Waals surface area contributed by atoms with Crippen LogP contribution in [0.3, 0.4) is 0 Å². The summed E-state index contributed by atoms with van der Waals surface area (Å²) in [6.07, 6.45) is 0. The van der Waals surface area contributed by atoms with Crippen LogP contribution in [-0.4, -0.2) is 8.42 Å². The fraction of sp³-hybridized carbons (Fsp3) is 0.0769. The molecule has 0 saturated heterocycles. The first-order valence-corrected chi connectivity index (χ1v) is 7.22. The van der Waals surface area contributed by atoms with Gasteiger partial charge in [0.05, 0.1) is 16.3 Å². The van der Waals surface area contributed by atoms with Crippen LogP contribution >= 0.6 is 0 Å². The van der Waals surface area contributed by atoms with E-state index in [1.54, 1.807) is 0 Å². The SMILES string of the molecule is Cc1cc(F)c(NS(=O)(=O)c2ccc(F)c(N)c2)cc1F. The second-order valence-corrected chi connectivity index (χ2v) is 6.05. The van der Waals surface area contributed by atoms with Crippen LogP contribution in [0.4, 0.5) is 24.5 Å². The van der Waals surface area contributed by atoms with E-state index in [0.717, 1.165) is 30.3 Å². The molecule has 2 aromatic rings. The Morgan fingerprint density at radius 3 is 2.29 bits per heavy atom. The summed E-state index contributed by atoms with van der Waals surface area (Å²) in [4.78, 5) is -0.359. The van der Waals surface area contributed by atoms with Crippen molar-refractivity contribution in [1.29, 1.82) is 0 Å². The zero-order valence-electron chi connectivity index (χ0n) is 10.8. The molecule has 2 rings (SSSR count). The molecule has 112 valence electrons. The van der Waals surface area contributed by atoms with Gasteiger partial charge in [-0.25, -0.2) is 21.6 Å². The van der Waals surface area contributed by atoms with Crippen molar-refractivity contribution >= 4 is 21.4 Å². The van der Waals surface area contributed by atoms with Crippen LogP contribution in [0.1, 0.15) is 5.56 Å². The van der Waals surface area contributed by atoms with Gasteiger partial charge in [-0.2, -0.15) is 0 Å². The number of hydrogen-bond donors (Lipinski definition) is 2. The van der Waals surface area contributed by atoms with Crippen LogP contribution in [-0.2, 0) is 10.0 Å². The Bertz CT molecular complexity index is 807. The van der Waals surface area contributed by atoms with Crippen molar-refractivity contribution in [1.82, 2.24) is 0 Å². The molecular weight excluding hydrogens is 305 g/mol. The molecule has 8 heteroatoms. The average Bonchev–Trinajstić information content (AvgIpc) is 2.39. The van der Waals surface area contributed by atoms with Gasteiger partial charge >= 0.3 is 0 Å². The van der Waals surface area contributed by atoms with Gasteiger partial charge < -0.3 is 5.73 Å². The van der Waals surface area contributed by atoms with Gasteiger partial charge in [-0.15, -0.1) is 0 Å². The summed E-state index contributed by atoms with van der Waals surface area (Å²) in [6.45, 7) is 1.34. The summed E-state index contributed by atoms with van der Waals surface area (Å²) < 4.78 is 66.0. The zero-order valence-corrected chi connectivity index (χ0v) is 11.6. The molecule has 3 N–H and O–H groups in total. The lowest BCUT2D eigenvalue weighted by Gasteiger charge is -2.10. The number of nitrogen functional groups attached to an aromatic ring is 1. The first-order chi connectivity index (χ1) is 9.70. The maximum absolute atomic E-state index is 13.6. The van der Waals surface area contributed by atoms with Crippen LogP contribution in [0, 0.1) is 24.4 Å². The normalized spacial score (nSPS) is 11.4. The van der Waals surface area contributed by atoms with E-state index < -0.39 is 33.2 Å². The van der Waals surface area contributed by atoms with Crippen molar-refractivity contribution in [3.8, 4) is 0 Å². The van der Waals surface area contributed by atoms with E-state index in [4.69, 9.17) is 5.73 Å². The van der Waals surface area contributed by atoms with E-state index in [-0.39, 0.29) is 16.1 Å². The van der Waals surface area contributed by atoms with Crippen LogP contribution in [0.15, 0.2) is 35.2 Å². The molecule has 0 heterocycles. The maximum atomic E-state index is 13.6. The molecule has 0 spiro atoms. The van der Waals surface area contributed by atoms with Crippen LogP contribution < -0.4 is 10.5 Å². The molecule has 4 nitrogen and oxygen atoms in total. The molecule has 0 atom stereocenters. The molecule has 0 aliphatic heterocycles. The van der Waals surface area contributed by atoms with Crippen LogP contribution in [0.25, 0.3) is 0 Å². The summed E-state index contributed by atoms with van der Waals surface area (Å²) in [6, 6.07) is 4.33.